The van der Waals surface area contributed by atoms with Crippen LogP contribution in [0.5, 0.6) is 11.5 Å². The molecule has 0 saturated carbocycles. The molecule has 7 aromatic rings. The smallest absolute Gasteiger partial charge is 0.509 e. The largest absolute Gasteiger partial charge is 2.00 e. The maximum absolute atomic E-state index is 6.60. The first kappa shape index (κ1) is 33.4. The van der Waals surface area contributed by atoms with Gasteiger partial charge in [-0.1, -0.05) is 69.6 Å². The van der Waals surface area contributed by atoms with Crippen molar-refractivity contribution in [1.82, 2.24) is 19.3 Å². The monoisotopic (exact) mass is 722 g/mol. The van der Waals surface area contributed by atoms with E-state index in [9.17, 15) is 0 Å². The van der Waals surface area contributed by atoms with Crippen LogP contribution in [0.4, 0.5) is 0 Å². The van der Waals surface area contributed by atoms with Crippen molar-refractivity contribution in [3.05, 3.63) is 131 Å². The Labute approximate surface area is 297 Å². The van der Waals surface area contributed by atoms with Gasteiger partial charge in [-0.3, -0.25) is 4.68 Å². The number of aromatic nitrogens is 4. The topological polar surface area (TPSA) is 44.9 Å². The number of hydrogen-bond donors (Lipinski definition) is 0. The molecule has 0 amide bonds. The van der Waals surface area contributed by atoms with E-state index in [1.165, 1.54) is 22.3 Å². The summed E-state index contributed by atoms with van der Waals surface area (Å²) >= 11 is 0. The number of ether oxygens (including phenoxy) is 1. The second kappa shape index (κ2) is 13.6. The van der Waals surface area contributed by atoms with Gasteiger partial charge in [0, 0.05) is 34.5 Å². The van der Waals surface area contributed by atoms with Crippen LogP contribution >= 0.6 is 0 Å². The third-order valence-corrected chi connectivity index (χ3v) is 9.19. The van der Waals surface area contributed by atoms with E-state index in [0.717, 1.165) is 68.7 Å². The molecule has 244 valence electrons. The Balaban J connectivity index is 0.00000401. The molecule has 7 rings (SSSR count). The zero-order valence-corrected chi connectivity index (χ0v) is 30.1. The van der Waals surface area contributed by atoms with Crippen LogP contribution in [0, 0.1) is 32.9 Å². The summed E-state index contributed by atoms with van der Waals surface area (Å²) in [7, 11) is 0. The maximum Gasteiger partial charge on any atom is 2.00 e. The van der Waals surface area contributed by atoms with Gasteiger partial charge in [-0.25, -0.2) is 4.98 Å². The number of hydrogen-bond acceptors (Lipinski definition) is 3. The van der Waals surface area contributed by atoms with Crippen molar-refractivity contribution in [3.63, 3.8) is 0 Å². The molecule has 0 atom stereocenters. The average Bonchev–Trinajstić information content (AvgIpc) is 3.56. The standard InChI is InChI=1S/C42H40N4O.Pd/c1-8-30-13-12-14-31(9-2)42(30)41-28(6)44-46(29(41)7)33-22-32(26(3)4)23-35(24-33)47-34-17-18-37-36-15-10-11-16-38(36)45(39(37)25-34)40-21-27(5)19-20-43-40;/h10-23,26H,8-9H2,1-7H3;/q-2;+2. The fourth-order valence-electron chi connectivity index (χ4n) is 6.79. The zero-order valence-electron chi connectivity index (χ0n) is 28.6. The second-order valence-corrected chi connectivity index (χ2v) is 12.7. The van der Waals surface area contributed by atoms with Gasteiger partial charge in [-0.15, -0.1) is 41.3 Å². The SMILES string of the molecule is CCc1cccc(CC)c1-c1c(C)nn(-c2[c-]c(Oc3[c-]c4c(cc3)c3ccccc3n4-c3cc(C)ccn3)cc(C(C)C)c2)c1C.[Pd+2]. The molecule has 0 unspecified atom stereocenters. The van der Waals surface area contributed by atoms with Crippen LogP contribution in [0.3, 0.4) is 0 Å². The molecule has 0 aliphatic heterocycles. The molecule has 0 fully saturated rings. The van der Waals surface area contributed by atoms with Crippen molar-refractivity contribution in [2.75, 3.05) is 0 Å². The normalized spacial score (nSPS) is 11.4. The molecule has 4 aromatic carbocycles. The van der Waals surface area contributed by atoms with Gasteiger partial charge >= 0.3 is 20.4 Å². The summed E-state index contributed by atoms with van der Waals surface area (Å²) in [5.74, 6) is 2.40. The van der Waals surface area contributed by atoms with Gasteiger partial charge in [0.05, 0.1) is 5.69 Å². The Hall–Kier alpha value is -4.50. The minimum absolute atomic E-state index is 0. The Morgan fingerprint density at radius 2 is 1.52 bits per heavy atom. The van der Waals surface area contributed by atoms with Crippen LogP contribution in [-0.2, 0) is 33.3 Å². The van der Waals surface area contributed by atoms with Gasteiger partial charge < -0.3 is 9.30 Å². The van der Waals surface area contributed by atoms with E-state index < -0.39 is 0 Å². The number of nitrogens with zero attached hydrogens (tertiary/aromatic N) is 4. The summed E-state index contributed by atoms with van der Waals surface area (Å²) in [6, 6.07) is 34.7. The molecule has 0 N–H and O–H groups in total. The molecule has 48 heavy (non-hydrogen) atoms. The van der Waals surface area contributed by atoms with E-state index >= 15 is 0 Å². The Morgan fingerprint density at radius 3 is 2.23 bits per heavy atom. The third kappa shape index (κ3) is 5.89. The first-order chi connectivity index (χ1) is 22.8. The van der Waals surface area contributed by atoms with Crippen LogP contribution < -0.4 is 4.74 Å². The van der Waals surface area contributed by atoms with Crippen LogP contribution in [0.2, 0.25) is 0 Å². The molecule has 3 heterocycles. The number of para-hydroxylation sites is 1. The quantitative estimate of drug-likeness (QED) is 0.116. The van der Waals surface area contributed by atoms with Gasteiger partial charge in [0.1, 0.15) is 5.82 Å². The van der Waals surface area contributed by atoms with Crippen LogP contribution in [0.25, 0.3) is 44.4 Å². The van der Waals surface area contributed by atoms with Crippen LogP contribution in [0.15, 0.2) is 85.1 Å². The van der Waals surface area contributed by atoms with Gasteiger partial charge in [-0.2, -0.15) is 11.2 Å². The number of pyridine rings is 1. The van der Waals surface area contributed by atoms with Gasteiger partial charge in [0.2, 0.25) is 0 Å². The van der Waals surface area contributed by atoms with E-state index in [2.05, 4.69) is 132 Å². The summed E-state index contributed by atoms with van der Waals surface area (Å²) in [4.78, 5) is 4.72. The predicted molar refractivity (Wildman–Crippen MR) is 192 cm³/mol. The number of fused-ring (bicyclic) bond motifs is 3. The Morgan fingerprint density at radius 1 is 0.771 bits per heavy atom. The molecule has 6 heteroatoms. The Kier molecular flexibility index (Phi) is 9.43. The third-order valence-electron chi connectivity index (χ3n) is 9.19. The number of aryl methyl sites for hydroxylation is 4. The van der Waals surface area contributed by atoms with Crippen molar-refractivity contribution >= 4 is 21.8 Å². The van der Waals surface area contributed by atoms with Crippen molar-refractivity contribution < 1.29 is 25.2 Å². The molecule has 0 bridgehead atoms. The van der Waals surface area contributed by atoms with Gasteiger partial charge in [-0.05, 0) is 91.1 Å². The molecule has 0 aliphatic rings. The van der Waals surface area contributed by atoms with Crippen molar-refractivity contribution in [1.29, 1.82) is 0 Å². The summed E-state index contributed by atoms with van der Waals surface area (Å²) < 4.78 is 10.8. The van der Waals surface area contributed by atoms with Crippen molar-refractivity contribution in [2.24, 2.45) is 0 Å². The first-order valence-corrected chi connectivity index (χ1v) is 16.6. The fourth-order valence-corrected chi connectivity index (χ4v) is 6.79. The molecule has 3 aromatic heterocycles. The maximum atomic E-state index is 6.60. The second-order valence-electron chi connectivity index (χ2n) is 12.7. The molecule has 0 aliphatic carbocycles. The van der Waals surface area contributed by atoms with Crippen molar-refractivity contribution in [3.8, 4) is 34.1 Å². The molecular weight excluding hydrogens is 683 g/mol. The fraction of sp³-hybridized carbons (Fsp3) is 0.238. The van der Waals surface area contributed by atoms with Crippen molar-refractivity contribution in [2.45, 2.75) is 67.2 Å². The van der Waals surface area contributed by atoms with E-state index in [4.69, 9.17) is 14.8 Å². The van der Waals surface area contributed by atoms with E-state index in [1.807, 2.05) is 23.0 Å². The molecule has 0 saturated heterocycles. The minimum atomic E-state index is 0. The number of rotatable bonds is 8. The summed E-state index contributed by atoms with van der Waals surface area (Å²) in [6.07, 6.45) is 3.80. The van der Waals surface area contributed by atoms with Gasteiger partial charge in [0.15, 0.2) is 0 Å². The van der Waals surface area contributed by atoms with Gasteiger partial charge in [0.25, 0.3) is 0 Å². The summed E-state index contributed by atoms with van der Waals surface area (Å²) in [5.41, 5.74) is 12.5. The van der Waals surface area contributed by atoms with E-state index in [0.29, 0.717) is 11.5 Å². The summed E-state index contributed by atoms with van der Waals surface area (Å²) in [5, 5.41) is 7.34. The molecule has 0 radical (unpaired) electrons. The van der Waals surface area contributed by atoms with Crippen LogP contribution in [0.1, 0.15) is 67.3 Å². The predicted octanol–water partition coefficient (Wildman–Crippen LogP) is 10.6. The zero-order chi connectivity index (χ0) is 32.8. The first-order valence-electron chi connectivity index (χ1n) is 16.6. The molecule has 5 nitrogen and oxygen atoms in total. The van der Waals surface area contributed by atoms with Crippen LogP contribution in [-0.4, -0.2) is 19.3 Å². The minimum Gasteiger partial charge on any atom is -0.509 e. The van der Waals surface area contributed by atoms with E-state index in [1.54, 1.807) is 0 Å². The average molecular weight is 723 g/mol. The van der Waals surface area contributed by atoms with E-state index in [-0.39, 0.29) is 26.3 Å². The summed E-state index contributed by atoms with van der Waals surface area (Å²) in [6.45, 7) is 15.2. The Bertz CT molecular complexity index is 2250. The molecular formula is C42H40N4OPd. The molecule has 0 spiro atoms. The number of benzene rings is 4.